The first-order valence-corrected chi connectivity index (χ1v) is 6.97. The van der Waals surface area contributed by atoms with Crippen LogP contribution in [0.1, 0.15) is 46.0 Å². The van der Waals surface area contributed by atoms with Crippen molar-refractivity contribution in [2.24, 2.45) is 5.41 Å². The predicted molar refractivity (Wildman–Crippen MR) is 69.6 cm³/mol. The Hall–Kier alpha value is -0.590. The average Bonchev–Trinajstić information content (AvgIpc) is 2.86. The molecule has 0 amide bonds. The van der Waals surface area contributed by atoms with E-state index >= 15 is 0 Å². The van der Waals surface area contributed by atoms with Gasteiger partial charge in [0.2, 0.25) is 0 Å². The topological polar surface area (TPSA) is 39.1 Å². The van der Waals surface area contributed by atoms with E-state index in [9.17, 15) is 0 Å². The van der Waals surface area contributed by atoms with E-state index in [2.05, 4.69) is 30.1 Å². The molecule has 2 aliphatic heterocycles. The molecule has 0 radical (unpaired) electrons. The summed E-state index contributed by atoms with van der Waals surface area (Å²) in [6.45, 7) is 8.16. The fourth-order valence-electron chi connectivity index (χ4n) is 3.21. The van der Waals surface area contributed by atoms with Gasteiger partial charge in [0.15, 0.2) is 0 Å². The lowest BCUT2D eigenvalue weighted by molar-refractivity contribution is 0.263. The van der Waals surface area contributed by atoms with E-state index < -0.39 is 0 Å². The van der Waals surface area contributed by atoms with Gasteiger partial charge in [0.25, 0.3) is 0 Å². The summed E-state index contributed by atoms with van der Waals surface area (Å²) in [5.74, 6) is 0. The summed E-state index contributed by atoms with van der Waals surface area (Å²) in [6, 6.07) is 3.74. The molecule has 0 bridgehead atoms. The van der Waals surface area contributed by atoms with Gasteiger partial charge in [-0.25, -0.2) is 0 Å². The Morgan fingerprint density at radius 1 is 1.35 bits per heavy atom. The predicted octanol–water partition coefficient (Wildman–Crippen LogP) is 2.14. The second-order valence-corrected chi connectivity index (χ2v) is 6.34. The van der Waals surface area contributed by atoms with Crippen LogP contribution in [0.2, 0.25) is 0 Å². The van der Waals surface area contributed by atoms with Gasteiger partial charge >= 0.3 is 0 Å². The lowest BCUT2D eigenvalue weighted by Crippen LogP contribution is -2.43. The quantitative estimate of drug-likeness (QED) is 0.793. The second-order valence-electron chi connectivity index (χ2n) is 6.34. The van der Waals surface area contributed by atoms with Gasteiger partial charge in [-0.3, -0.25) is 4.90 Å². The SMILES string of the molecule is CC(C)(CCC#N)CNC1CCN2CCCC12. The van der Waals surface area contributed by atoms with Gasteiger partial charge in [0.05, 0.1) is 6.07 Å². The fraction of sp³-hybridized carbons (Fsp3) is 0.929. The lowest BCUT2D eigenvalue weighted by Gasteiger charge is -2.28. The molecule has 2 saturated heterocycles. The molecule has 2 unspecified atom stereocenters. The molecule has 3 nitrogen and oxygen atoms in total. The number of hydrogen-bond acceptors (Lipinski definition) is 3. The maximum absolute atomic E-state index is 8.66. The third-order valence-corrected chi connectivity index (χ3v) is 4.36. The van der Waals surface area contributed by atoms with Gasteiger partial charge in [-0.2, -0.15) is 5.26 Å². The molecule has 2 heterocycles. The summed E-state index contributed by atoms with van der Waals surface area (Å²) in [5, 5.41) is 12.4. The lowest BCUT2D eigenvalue weighted by atomic mass is 9.87. The normalized spacial score (nSPS) is 29.2. The van der Waals surface area contributed by atoms with Crippen LogP contribution >= 0.6 is 0 Å². The molecule has 3 heteroatoms. The highest BCUT2D eigenvalue weighted by Gasteiger charge is 2.37. The zero-order chi connectivity index (χ0) is 12.3. The molecule has 96 valence electrons. The van der Waals surface area contributed by atoms with Crippen molar-refractivity contribution in [2.75, 3.05) is 19.6 Å². The molecule has 0 aromatic rings. The van der Waals surface area contributed by atoms with Crippen molar-refractivity contribution in [1.29, 1.82) is 5.26 Å². The molecule has 2 fully saturated rings. The Bertz CT molecular complexity index is 292. The number of hydrogen-bond donors (Lipinski definition) is 1. The summed E-state index contributed by atoms with van der Waals surface area (Å²) in [4.78, 5) is 2.64. The highest BCUT2D eigenvalue weighted by Crippen LogP contribution is 2.29. The second kappa shape index (κ2) is 5.37. The Balaban J connectivity index is 1.76. The molecule has 0 aromatic carbocycles. The standard InChI is InChI=1S/C14H25N3/c1-14(2,7-4-8-15)11-16-12-6-10-17-9-3-5-13(12)17/h12-13,16H,3-7,9-11H2,1-2H3. The zero-order valence-corrected chi connectivity index (χ0v) is 11.2. The van der Waals surface area contributed by atoms with Crippen molar-refractivity contribution < 1.29 is 0 Å². The van der Waals surface area contributed by atoms with Crippen LogP contribution in [0.4, 0.5) is 0 Å². The van der Waals surface area contributed by atoms with E-state index in [1.807, 2.05) is 0 Å². The van der Waals surface area contributed by atoms with Crippen LogP contribution in [0.5, 0.6) is 0 Å². The molecule has 2 rings (SSSR count). The number of nitrogens with zero attached hydrogens (tertiary/aromatic N) is 2. The van der Waals surface area contributed by atoms with Crippen LogP contribution in [-0.2, 0) is 0 Å². The van der Waals surface area contributed by atoms with Gasteiger partial charge in [-0.1, -0.05) is 13.8 Å². The van der Waals surface area contributed by atoms with Gasteiger partial charge in [0.1, 0.15) is 0 Å². The number of nitrogens with one attached hydrogen (secondary N) is 1. The highest BCUT2D eigenvalue weighted by atomic mass is 15.2. The molecule has 0 aliphatic carbocycles. The van der Waals surface area contributed by atoms with Crippen LogP contribution in [-0.4, -0.2) is 36.6 Å². The van der Waals surface area contributed by atoms with Crippen molar-refractivity contribution >= 4 is 0 Å². The number of rotatable bonds is 5. The summed E-state index contributed by atoms with van der Waals surface area (Å²) in [7, 11) is 0. The molecule has 1 N–H and O–H groups in total. The third kappa shape index (κ3) is 3.20. The Labute approximate surface area is 105 Å². The van der Waals surface area contributed by atoms with Crippen LogP contribution in [0.3, 0.4) is 0 Å². The monoisotopic (exact) mass is 235 g/mol. The van der Waals surface area contributed by atoms with E-state index in [4.69, 9.17) is 5.26 Å². The molecule has 0 aromatic heterocycles. The first-order chi connectivity index (χ1) is 8.12. The van der Waals surface area contributed by atoms with E-state index in [0.717, 1.165) is 19.0 Å². The number of fused-ring (bicyclic) bond motifs is 1. The Morgan fingerprint density at radius 2 is 2.18 bits per heavy atom. The van der Waals surface area contributed by atoms with Crippen molar-refractivity contribution in [3.05, 3.63) is 0 Å². The minimum absolute atomic E-state index is 0.252. The van der Waals surface area contributed by atoms with Crippen molar-refractivity contribution in [3.8, 4) is 6.07 Å². The molecule has 0 spiro atoms. The summed E-state index contributed by atoms with van der Waals surface area (Å²) < 4.78 is 0. The molecule has 0 saturated carbocycles. The fourth-order valence-corrected chi connectivity index (χ4v) is 3.21. The highest BCUT2D eigenvalue weighted by molar-refractivity contribution is 4.96. The minimum atomic E-state index is 0.252. The molecule has 2 atom stereocenters. The first kappa shape index (κ1) is 12.9. The summed E-state index contributed by atoms with van der Waals surface area (Å²) in [6.07, 6.45) is 5.72. The van der Waals surface area contributed by atoms with E-state index in [0.29, 0.717) is 12.5 Å². The summed E-state index contributed by atoms with van der Waals surface area (Å²) >= 11 is 0. The largest absolute Gasteiger partial charge is 0.312 e. The maximum atomic E-state index is 8.66. The van der Waals surface area contributed by atoms with Crippen molar-refractivity contribution in [3.63, 3.8) is 0 Å². The molecular formula is C14H25N3. The summed E-state index contributed by atoms with van der Waals surface area (Å²) in [5.41, 5.74) is 0.252. The van der Waals surface area contributed by atoms with Crippen LogP contribution < -0.4 is 5.32 Å². The van der Waals surface area contributed by atoms with E-state index in [-0.39, 0.29) is 5.41 Å². The average molecular weight is 235 g/mol. The van der Waals surface area contributed by atoms with Crippen LogP contribution in [0.25, 0.3) is 0 Å². The van der Waals surface area contributed by atoms with Crippen LogP contribution in [0.15, 0.2) is 0 Å². The van der Waals surface area contributed by atoms with Crippen LogP contribution in [0, 0.1) is 16.7 Å². The van der Waals surface area contributed by atoms with Gasteiger partial charge in [0, 0.05) is 31.6 Å². The first-order valence-electron chi connectivity index (χ1n) is 6.97. The smallest absolute Gasteiger partial charge is 0.0621 e. The van der Waals surface area contributed by atoms with Gasteiger partial charge < -0.3 is 5.32 Å². The van der Waals surface area contributed by atoms with Crippen molar-refractivity contribution in [2.45, 2.75) is 58.0 Å². The third-order valence-electron chi connectivity index (χ3n) is 4.36. The van der Waals surface area contributed by atoms with E-state index in [1.54, 1.807) is 0 Å². The van der Waals surface area contributed by atoms with Gasteiger partial charge in [-0.05, 0) is 37.6 Å². The Morgan fingerprint density at radius 3 is 2.94 bits per heavy atom. The zero-order valence-electron chi connectivity index (χ0n) is 11.2. The van der Waals surface area contributed by atoms with Crippen molar-refractivity contribution in [1.82, 2.24) is 10.2 Å². The Kier molecular flexibility index (Phi) is 4.06. The molecule has 2 aliphatic rings. The van der Waals surface area contributed by atoms with Gasteiger partial charge in [-0.15, -0.1) is 0 Å². The van der Waals surface area contributed by atoms with E-state index in [1.165, 1.54) is 32.4 Å². The molecular weight excluding hydrogens is 210 g/mol. The minimum Gasteiger partial charge on any atom is -0.312 e. The number of nitriles is 1. The maximum Gasteiger partial charge on any atom is 0.0621 e. The molecule has 17 heavy (non-hydrogen) atoms.